The maximum Gasteiger partial charge on any atom is 0.243 e. The molecule has 0 aliphatic rings. The maximum absolute atomic E-state index is 13.0. The molecule has 0 spiro atoms. The predicted octanol–water partition coefficient (Wildman–Crippen LogP) is 2.13. The fourth-order valence-electron chi connectivity index (χ4n) is 3.45. The van der Waals surface area contributed by atoms with Crippen molar-refractivity contribution in [2.45, 2.75) is 13.0 Å². The first-order valence-corrected chi connectivity index (χ1v) is 12.2. The first-order valence-electron chi connectivity index (χ1n) is 10.6. The number of benzene rings is 1. The number of aromatic nitrogens is 5. The van der Waals surface area contributed by atoms with Crippen LogP contribution in [0.15, 0.2) is 47.0 Å². The van der Waals surface area contributed by atoms with E-state index in [2.05, 4.69) is 25.1 Å². The normalized spacial score (nSPS) is 12.2. The monoisotopic (exact) mass is 516 g/mol. The van der Waals surface area contributed by atoms with Crippen LogP contribution in [0.5, 0.6) is 17.4 Å². The average Bonchev–Trinajstić information content (AvgIpc) is 3.49. The van der Waals surface area contributed by atoms with Crippen molar-refractivity contribution >= 4 is 16.0 Å². The quantitative estimate of drug-likeness (QED) is 0.317. The summed E-state index contributed by atoms with van der Waals surface area (Å²) in [6.45, 7) is 1.63. The highest BCUT2D eigenvalue weighted by molar-refractivity contribution is 7.92. The van der Waals surface area contributed by atoms with Crippen LogP contribution in [-0.4, -0.2) is 65.5 Å². The van der Waals surface area contributed by atoms with Crippen molar-refractivity contribution in [1.29, 1.82) is 0 Å². The molecule has 1 aromatic carbocycles. The van der Waals surface area contributed by atoms with Crippen molar-refractivity contribution in [1.82, 2.24) is 24.9 Å². The SMILES string of the molecule is COc1cccc(-c2nnc(NS(=O)(=O)C[C@H](O)c3cc(C)on3)n2-c2c(OC)cccc2OC)n1. The van der Waals surface area contributed by atoms with E-state index in [1.165, 1.54) is 32.0 Å². The molecule has 36 heavy (non-hydrogen) atoms. The molecule has 0 bridgehead atoms. The van der Waals surface area contributed by atoms with Crippen LogP contribution in [0.4, 0.5) is 5.95 Å². The zero-order chi connectivity index (χ0) is 25.9. The minimum atomic E-state index is -4.16. The fourth-order valence-corrected chi connectivity index (χ4v) is 4.53. The summed E-state index contributed by atoms with van der Waals surface area (Å²) in [4.78, 5) is 4.40. The minimum Gasteiger partial charge on any atom is -0.494 e. The molecule has 190 valence electrons. The Labute approximate surface area is 206 Å². The molecule has 4 rings (SSSR count). The van der Waals surface area contributed by atoms with Gasteiger partial charge in [0.1, 0.15) is 46.2 Å². The van der Waals surface area contributed by atoms with E-state index in [-0.39, 0.29) is 17.5 Å². The highest BCUT2D eigenvalue weighted by Crippen LogP contribution is 2.37. The summed E-state index contributed by atoms with van der Waals surface area (Å²) >= 11 is 0. The Morgan fingerprint density at radius 2 is 1.75 bits per heavy atom. The van der Waals surface area contributed by atoms with Crippen LogP contribution in [-0.2, 0) is 10.0 Å². The first kappa shape index (κ1) is 24.9. The average molecular weight is 517 g/mol. The second-order valence-electron chi connectivity index (χ2n) is 7.52. The van der Waals surface area contributed by atoms with Gasteiger partial charge in [0, 0.05) is 12.1 Å². The molecule has 0 aliphatic heterocycles. The highest BCUT2D eigenvalue weighted by atomic mass is 32.2. The van der Waals surface area contributed by atoms with Crippen LogP contribution < -0.4 is 18.9 Å². The predicted molar refractivity (Wildman–Crippen MR) is 128 cm³/mol. The molecule has 0 saturated carbocycles. The lowest BCUT2D eigenvalue weighted by Crippen LogP contribution is -2.23. The molecule has 0 saturated heterocycles. The Bertz CT molecular complexity index is 1450. The Hall–Kier alpha value is -4.17. The molecule has 0 fully saturated rings. The molecular weight excluding hydrogens is 492 g/mol. The largest absolute Gasteiger partial charge is 0.494 e. The van der Waals surface area contributed by atoms with Gasteiger partial charge in [-0.2, -0.15) is 0 Å². The van der Waals surface area contributed by atoms with Gasteiger partial charge in [0.15, 0.2) is 5.82 Å². The second kappa shape index (κ2) is 10.2. The number of hydrogen-bond donors (Lipinski definition) is 2. The maximum atomic E-state index is 13.0. The topological polar surface area (TPSA) is 164 Å². The van der Waals surface area contributed by atoms with Gasteiger partial charge in [0.05, 0.1) is 21.3 Å². The van der Waals surface area contributed by atoms with Gasteiger partial charge in [0.25, 0.3) is 0 Å². The lowest BCUT2D eigenvalue weighted by atomic mass is 10.2. The number of methoxy groups -OCH3 is 3. The number of pyridine rings is 1. The third-order valence-corrected chi connectivity index (χ3v) is 6.31. The minimum absolute atomic E-state index is 0.0898. The molecule has 13 nitrogen and oxygen atoms in total. The van der Waals surface area contributed by atoms with E-state index in [0.29, 0.717) is 34.5 Å². The standard InChI is InChI=1S/C22H24N6O7S/c1-13-11-15(26-35-13)16(29)12-36(30,31)27-22-25-24-21(14-7-5-10-19(23-14)34-4)28(22)20-17(32-2)8-6-9-18(20)33-3/h5-11,16,29H,12H2,1-4H3,(H,25,27)/t16-/m0/s1. The van der Waals surface area contributed by atoms with E-state index >= 15 is 0 Å². The molecule has 0 radical (unpaired) electrons. The lowest BCUT2D eigenvalue weighted by Gasteiger charge is -2.18. The number of aliphatic hydroxyl groups is 1. The summed E-state index contributed by atoms with van der Waals surface area (Å²) < 4.78 is 51.0. The smallest absolute Gasteiger partial charge is 0.243 e. The molecule has 3 heterocycles. The van der Waals surface area contributed by atoms with Gasteiger partial charge in [-0.05, 0) is 25.1 Å². The number of rotatable bonds is 10. The fraction of sp³-hybridized carbons (Fsp3) is 0.273. The number of sulfonamides is 1. The van der Waals surface area contributed by atoms with E-state index in [1.54, 1.807) is 43.3 Å². The van der Waals surface area contributed by atoms with Gasteiger partial charge in [-0.1, -0.05) is 17.3 Å². The lowest BCUT2D eigenvalue weighted by molar-refractivity contribution is 0.190. The van der Waals surface area contributed by atoms with Crippen LogP contribution in [0.25, 0.3) is 17.2 Å². The summed E-state index contributed by atoms with van der Waals surface area (Å²) in [5.74, 6) is 0.772. The van der Waals surface area contributed by atoms with Gasteiger partial charge < -0.3 is 23.8 Å². The summed E-state index contributed by atoms with van der Waals surface area (Å²) in [6.07, 6.45) is -1.43. The number of hydrogen-bond acceptors (Lipinski definition) is 11. The third kappa shape index (κ3) is 5.08. The molecule has 1 atom stereocenters. The van der Waals surface area contributed by atoms with E-state index < -0.39 is 21.9 Å². The number of ether oxygens (including phenoxy) is 3. The number of aryl methyl sites for hydroxylation is 1. The van der Waals surface area contributed by atoms with Crippen LogP contribution >= 0.6 is 0 Å². The van der Waals surface area contributed by atoms with Crippen LogP contribution in [0.1, 0.15) is 17.6 Å². The molecule has 2 N–H and O–H groups in total. The van der Waals surface area contributed by atoms with E-state index in [4.69, 9.17) is 18.7 Å². The van der Waals surface area contributed by atoms with E-state index in [9.17, 15) is 13.5 Å². The molecule has 0 aliphatic carbocycles. The van der Waals surface area contributed by atoms with Crippen LogP contribution in [0.2, 0.25) is 0 Å². The number of nitrogens with zero attached hydrogens (tertiary/aromatic N) is 5. The number of anilines is 1. The van der Waals surface area contributed by atoms with E-state index in [1.807, 2.05) is 0 Å². The van der Waals surface area contributed by atoms with Gasteiger partial charge in [-0.15, -0.1) is 10.2 Å². The molecule has 3 aromatic heterocycles. The van der Waals surface area contributed by atoms with Crippen molar-refractivity contribution in [3.05, 3.63) is 53.9 Å². The van der Waals surface area contributed by atoms with Crippen LogP contribution in [0, 0.1) is 6.92 Å². The van der Waals surface area contributed by atoms with Crippen molar-refractivity contribution in [2.24, 2.45) is 0 Å². The molecular formula is C22H24N6O7S. The van der Waals surface area contributed by atoms with Crippen molar-refractivity contribution in [3.63, 3.8) is 0 Å². The Morgan fingerprint density at radius 1 is 1.06 bits per heavy atom. The summed E-state index contributed by atoms with van der Waals surface area (Å²) in [5, 5.41) is 22.3. The van der Waals surface area contributed by atoms with Crippen molar-refractivity contribution < 1.29 is 32.3 Å². The van der Waals surface area contributed by atoms with Gasteiger partial charge in [0.2, 0.25) is 21.9 Å². The number of nitrogens with one attached hydrogen (secondary N) is 1. The third-order valence-electron chi connectivity index (χ3n) is 5.06. The Balaban J connectivity index is 1.82. The van der Waals surface area contributed by atoms with Crippen molar-refractivity contribution in [3.8, 4) is 34.6 Å². The first-order chi connectivity index (χ1) is 17.3. The molecule has 0 amide bonds. The summed E-state index contributed by atoms with van der Waals surface area (Å²) in [6, 6.07) is 11.6. The van der Waals surface area contributed by atoms with Gasteiger partial charge in [-0.25, -0.2) is 13.4 Å². The van der Waals surface area contributed by atoms with Crippen molar-refractivity contribution in [2.75, 3.05) is 31.8 Å². The Kier molecular flexibility index (Phi) is 7.07. The Morgan fingerprint density at radius 3 is 2.36 bits per heavy atom. The molecule has 4 aromatic rings. The van der Waals surface area contributed by atoms with Gasteiger partial charge >= 0.3 is 0 Å². The molecule has 14 heteroatoms. The van der Waals surface area contributed by atoms with Gasteiger partial charge in [-0.3, -0.25) is 9.29 Å². The highest BCUT2D eigenvalue weighted by Gasteiger charge is 2.28. The van der Waals surface area contributed by atoms with E-state index in [0.717, 1.165) is 0 Å². The summed E-state index contributed by atoms with van der Waals surface area (Å²) in [7, 11) is 0.247. The second-order valence-corrected chi connectivity index (χ2v) is 9.29. The number of para-hydroxylation sites is 1. The number of aliphatic hydroxyl groups excluding tert-OH is 1. The molecule has 0 unspecified atom stereocenters. The summed E-state index contributed by atoms with van der Waals surface area (Å²) in [5.41, 5.74) is 0.767. The zero-order valence-corrected chi connectivity index (χ0v) is 20.7. The van der Waals surface area contributed by atoms with Crippen LogP contribution in [0.3, 0.4) is 0 Å². The zero-order valence-electron chi connectivity index (χ0n) is 19.9.